The van der Waals surface area contributed by atoms with Crippen LogP contribution in [0.1, 0.15) is 33.6 Å². The quantitative estimate of drug-likeness (QED) is 0.722. The first-order valence-corrected chi connectivity index (χ1v) is 7.48. The normalized spacial score (nSPS) is 20.4. The molecular weight excluding hydrogens is 274 g/mol. The van der Waals surface area contributed by atoms with Crippen LogP contribution in [0.25, 0.3) is 0 Å². The van der Waals surface area contributed by atoms with Crippen LogP contribution in [0.15, 0.2) is 0 Å². The average Bonchev–Trinajstić information content (AvgIpc) is 2.47. The SMILES string of the molecule is CCNC(=O)NC(=O)[C@H](C)N1CCC[C@@H](C(=O)OCC)C1. The van der Waals surface area contributed by atoms with E-state index >= 15 is 0 Å². The van der Waals surface area contributed by atoms with E-state index in [0.29, 0.717) is 19.7 Å². The molecule has 0 aromatic carbocycles. The predicted molar refractivity (Wildman–Crippen MR) is 77.6 cm³/mol. The van der Waals surface area contributed by atoms with Gasteiger partial charge in [0.2, 0.25) is 5.91 Å². The molecule has 1 saturated heterocycles. The van der Waals surface area contributed by atoms with Crippen LogP contribution in [0.5, 0.6) is 0 Å². The summed E-state index contributed by atoms with van der Waals surface area (Å²) in [7, 11) is 0. The first kappa shape index (κ1) is 17.4. The maximum Gasteiger partial charge on any atom is 0.321 e. The molecule has 120 valence electrons. The zero-order valence-electron chi connectivity index (χ0n) is 13.0. The van der Waals surface area contributed by atoms with Gasteiger partial charge < -0.3 is 10.1 Å². The number of nitrogens with zero attached hydrogens (tertiary/aromatic N) is 1. The van der Waals surface area contributed by atoms with Gasteiger partial charge in [-0.15, -0.1) is 0 Å². The first-order chi connectivity index (χ1) is 9.99. The molecule has 0 aromatic heterocycles. The number of hydrogen-bond acceptors (Lipinski definition) is 5. The van der Waals surface area contributed by atoms with Gasteiger partial charge in [-0.25, -0.2) is 4.79 Å². The second-order valence-corrected chi connectivity index (χ2v) is 5.11. The average molecular weight is 299 g/mol. The number of nitrogens with one attached hydrogen (secondary N) is 2. The molecule has 0 radical (unpaired) electrons. The van der Waals surface area contributed by atoms with Crippen molar-refractivity contribution in [3.63, 3.8) is 0 Å². The minimum atomic E-state index is -0.492. The second-order valence-electron chi connectivity index (χ2n) is 5.11. The summed E-state index contributed by atoms with van der Waals surface area (Å²) in [5.41, 5.74) is 0. The highest BCUT2D eigenvalue weighted by molar-refractivity contribution is 5.96. The molecule has 0 aromatic rings. The Hall–Kier alpha value is -1.63. The molecule has 3 amide bonds. The van der Waals surface area contributed by atoms with E-state index in [9.17, 15) is 14.4 Å². The van der Waals surface area contributed by atoms with Gasteiger partial charge in [0, 0.05) is 13.1 Å². The maximum absolute atomic E-state index is 12.0. The van der Waals surface area contributed by atoms with E-state index in [2.05, 4.69) is 10.6 Å². The van der Waals surface area contributed by atoms with E-state index < -0.39 is 12.1 Å². The summed E-state index contributed by atoms with van der Waals surface area (Å²) in [6.07, 6.45) is 1.61. The van der Waals surface area contributed by atoms with Gasteiger partial charge in [0.25, 0.3) is 0 Å². The van der Waals surface area contributed by atoms with Crippen LogP contribution in [0.3, 0.4) is 0 Å². The van der Waals surface area contributed by atoms with Crippen LogP contribution in [0.2, 0.25) is 0 Å². The fraction of sp³-hybridized carbons (Fsp3) is 0.786. The standard InChI is InChI=1S/C14H25N3O4/c1-4-15-14(20)16-12(18)10(3)17-8-6-7-11(9-17)13(19)21-5-2/h10-11H,4-9H2,1-3H3,(H2,15,16,18,20)/t10-,11+/m0/s1. The van der Waals surface area contributed by atoms with Crippen molar-refractivity contribution in [1.82, 2.24) is 15.5 Å². The smallest absolute Gasteiger partial charge is 0.321 e. The highest BCUT2D eigenvalue weighted by Crippen LogP contribution is 2.19. The molecule has 2 N–H and O–H groups in total. The lowest BCUT2D eigenvalue weighted by Crippen LogP contribution is -2.52. The molecule has 0 spiro atoms. The van der Waals surface area contributed by atoms with Crippen molar-refractivity contribution in [2.45, 2.75) is 39.7 Å². The monoisotopic (exact) mass is 299 g/mol. The van der Waals surface area contributed by atoms with Crippen LogP contribution >= 0.6 is 0 Å². The Kier molecular flexibility index (Phi) is 7.14. The van der Waals surface area contributed by atoms with Gasteiger partial charge in [-0.1, -0.05) is 0 Å². The molecule has 1 rings (SSSR count). The lowest BCUT2D eigenvalue weighted by molar-refractivity contribution is -0.151. The third-order valence-electron chi connectivity index (χ3n) is 3.57. The molecule has 21 heavy (non-hydrogen) atoms. The van der Waals surface area contributed by atoms with Crippen molar-refractivity contribution in [2.24, 2.45) is 5.92 Å². The molecule has 1 heterocycles. The van der Waals surface area contributed by atoms with Gasteiger partial charge in [-0.2, -0.15) is 0 Å². The summed E-state index contributed by atoms with van der Waals surface area (Å²) in [5.74, 6) is -0.762. The number of piperidine rings is 1. The van der Waals surface area contributed by atoms with Crippen LogP contribution in [0.4, 0.5) is 4.79 Å². The summed E-state index contributed by atoms with van der Waals surface area (Å²) >= 11 is 0. The summed E-state index contributed by atoms with van der Waals surface area (Å²) in [6, 6.07) is -0.946. The molecule has 0 unspecified atom stereocenters. The Balaban J connectivity index is 2.53. The Morgan fingerprint density at radius 1 is 1.33 bits per heavy atom. The van der Waals surface area contributed by atoms with E-state index in [1.807, 2.05) is 4.90 Å². The summed E-state index contributed by atoms with van der Waals surface area (Å²) in [6.45, 7) is 7.35. The van der Waals surface area contributed by atoms with E-state index in [1.165, 1.54) is 0 Å². The van der Waals surface area contributed by atoms with Crippen molar-refractivity contribution < 1.29 is 19.1 Å². The Morgan fingerprint density at radius 3 is 2.67 bits per heavy atom. The van der Waals surface area contributed by atoms with E-state index in [4.69, 9.17) is 4.74 Å². The van der Waals surface area contributed by atoms with Crippen LogP contribution in [-0.4, -0.2) is 55.1 Å². The van der Waals surface area contributed by atoms with Crippen molar-refractivity contribution >= 4 is 17.9 Å². The molecular formula is C14H25N3O4. The molecule has 0 saturated carbocycles. The summed E-state index contributed by atoms with van der Waals surface area (Å²) in [5, 5.41) is 4.81. The molecule has 0 bridgehead atoms. The number of carbonyl (C=O) groups excluding carboxylic acids is 3. The summed E-state index contributed by atoms with van der Waals surface area (Å²) < 4.78 is 5.04. The molecule has 1 aliphatic rings. The number of imide groups is 1. The number of likely N-dealkylation sites (tertiary alicyclic amines) is 1. The number of rotatable bonds is 5. The Bertz CT molecular complexity index is 386. The number of esters is 1. The van der Waals surface area contributed by atoms with Crippen LogP contribution < -0.4 is 10.6 Å². The molecule has 0 aliphatic carbocycles. The highest BCUT2D eigenvalue weighted by Gasteiger charge is 2.31. The maximum atomic E-state index is 12.0. The second kappa shape index (κ2) is 8.61. The van der Waals surface area contributed by atoms with E-state index in [-0.39, 0.29) is 17.8 Å². The van der Waals surface area contributed by atoms with Gasteiger partial charge in [-0.05, 0) is 40.2 Å². The van der Waals surface area contributed by atoms with E-state index in [1.54, 1.807) is 20.8 Å². The third-order valence-corrected chi connectivity index (χ3v) is 3.57. The number of amides is 3. The zero-order chi connectivity index (χ0) is 15.8. The van der Waals surface area contributed by atoms with Crippen molar-refractivity contribution in [3.05, 3.63) is 0 Å². The predicted octanol–water partition coefficient (Wildman–Crippen LogP) is 0.496. The van der Waals surface area contributed by atoms with Gasteiger partial charge in [0.05, 0.1) is 18.6 Å². The number of ether oxygens (including phenoxy) is 1. The van der Waals surface area contributed by atoms with Gasteiger partial charge in [-0.3, -0.25) is 19.8 Å². The van der Waals surface area contributed by atoms with Crippen LogP contribution in [0, 0.1) is 5.92 Å². The number of carbonyl (C=O) groups is 3. The summed E-state index contributed by atoms with van der Waals surface area (Å²) in [4.78, 5) is 37.1. The lowest BCUT2D eigenvalue weighted by atomic mass is 9.97. The zero-order valence-corrected chi connectivity index (χ0v) is 13.0. The Morgan fingerprint density at radius 2 is 2.05 bits per heavy atom. The molecule has 1 fully saturated rings. The van der Waals surface area contributed by atoms with Gasteiger partial charge in [0.15, 0.2) is 0 Å². The number of hydrogen-bond donors (Lipinski definition) is 2. The molecule has 7 nitrogen and oxygen atoms in total. The van der Waals surface area contributed by atoms with E-state index in [0.717, 1.165) is 19.4 Å². The van der Waals surface area contributed by atoms with Gasteiger partial charge >= 0.3 is 12.0 Å². The molecule has 1 aliphatic heterocycles. The van der Waals surface area contributed by atoms with Crippen molar-refractivity contribution in [2.75, 3.05) is 26.2 Å². The van der Waals surface area contributed by atoms with Crippen LogP contribution in [-0.2, 0) is 14.3 Å². The fourth-order valence-corrected chi connectivity index (χ4v) is 2.40. The van der Waals surface area contributed by atoms with Crippen molar-refractivity contribution in [1.29, 1.82) is 0 Å². The largest absolute Gasteiger partial charge is 0.466 e. The number of urea groups is 1. The lowest BCUT2D eigenvalue weighted by Gasteiger charge is -2.34. The molecule has 7 heteroatoms. The minimum Gasteiger partial charge on any atom is -0.466 e. The minimum absolute atomic E-state index is 0.196. The van der Waals surface area contributed by atoms with Crippen molar-refractivity contribution in [3.8, 4) is 0 Å². The third kappa shape index (κ3) is 5.34. The molecule has 2 atom stereocenters. The Labute approximate surface area is 125 Å². The van der Waals surface area contributed by atoms with Gasteiger partial charge in [0.1, 0.15) is 0 Å². The highest BCUT2D eigenvalue weighted by atomic mass is 16.5. The fourth-order valence-electron chi connectivity index (χ4n) is 2.40. The topological polar surface area (TPSA) is 87.7 Å². The first-order valence-electron chi connectivity index (χ1n) is 7.48.